The zero-order chi connectivity index (χ0) is 36.9. The second-order valence-electron chi connectivity index (χ2n) is 15.2. The van der Waals surface area contributed by atoms with Gasteiger partial charge >= 0.3 is 17.6 Å². The summed E-state index contributed by atoms with van der Waals surface area (Å²) in [5.41, 5.74) is -3.06. The number of hydrogen-bond acceptors (Lipinski definition) is 11. The fraction of sp³-hybridized carbons (Fsp3) is 0.742. The third-order valence-corrected chi connectivity index (χ3v) is 21.8. The number of methoxy groups -OCH3 is 1. The van der Waals surface area contributed by atoms with Gasteiger partial charge in [-0.25, -0.2) is 13.8 Å². The number of aromatic nitrogens is 2. The van der Waals surface area contributed by atoms with Crippen molar-refractivity contribution < 1.29 is 40.5 Å². The second-order valence-corrected chi connectivity index (χ2v) is 26.8. The number of ether oxygens (including phenoxy) is 2. The summed E-state index contributed by atoms with van der Waals surface area (Å²) in [6, 6.07) is 0. The average molecular weight is 732 g/mol. The molecule has 2 aliphatic rings. The van der Waals surface area contributed by atoms with Gasteiger partial charge in [-0.3, -0.25) is 18.7 Å². The van der Waals surface area contributed by atoms with Crippen LogP contribution in [-0.4, -0.2) is 77.6 Å². The molecule has 14 nitrogen and oxygen atoms in total. The Kier molecular flexibility index (Phi) is 11.4. The standard InChI is InChI=1S/C31H53N3O11SSi2/c1-18(2)48(19(3)4,20(5)6)42-16-23-31(22(17-46(39,40)45-31)32-25(35)28(37)41-12)24(44-47(13,14)30(8,9)10)27(43-23)34-15-21(7)26(36)33(11)29(34)38/h15,17-20,23-24,27H,16H2,1-14H3,(H,32,35)/t23-,24+,27-,31-/m1/s1. The van der Waals surface area contributed by atoms with Crippen molar-refractivity contribution in [3.63, 3.8) is 0 Å². The monoisotopic (exact) mass is 731 g/mol. The highest BCUT2D eigenvalue weighted by Gasteiger charge is 2.68. The molecule has 1 saturated heterocycles. The molecule has 0 radical (unpaired) electrons. The molecule has 3 heterocycles. The normalized spacial score (nSPS) is 24.5. The molecule has 3 rings (SSSR count). The van der Waals surface area contributed by atoms with Crippen LogP contribution in [0.2, 0.25) is 34.8 Å². The maximum atomic E-state index is 13.7. The lowest BCUT2D eigenvalue weighted by Gasteiger charge is -2.45. The summed E-state index contributed by atoms with van der Waals surface area (Å²) in [6.07, 6.45) is -2.70. The van der Waals surface area contributed by atoms with Crippen molar-refractivity contribution in [3.05, 3.63) is 43.7 Å². The smallest absolute Gasteiger partial charge is 0.396 e. The molecule has 17 heteroatoms. The van der Waals surface area contributed by atoms with E-state index in [1.54, 1.807) is 6.92 Å². The molecule has 0 saturated carbocycles. The van der Waals surface area contributed by atoms with Crippen molar-refractivity contribution in [2.45, 2.75) is 128 Å². The second kappa shape index (κ2) is 13.7. The van der Waals surface area contributed by atoms with Crippen molar-refractivity contribution in [3.8, 4) is 0 Å². The number of carbonyl (C=O) groups excluding carboxylic acids is 2. The third kappa shape index (κ3) is 6.96. The van der Waals surface area contributed by atoms with Crippen LogP contribution in [0, 0.1) is 6.92 Å². The van der Waals surface area contributed by atoms with E-state index in [4.69, 9.17) is 17.8 Å². The fourth-order valence-corrected chi connectivity index (χ4v) is 14.8. The van der Waals surface area contributed by atoms with E-state index in [-0.39, 0.29) is 34.5 Å². The number of nitrogens with zero attached hydrogens (tertiary/aromatic N) is 2. The summed E-state index contributed by atoms with van der Waals surface area (Å²) in [5.74, 6) is -2.51. The van der Waals surface area contributed by atoms with E-state index in [9.17, 15) is 27.6 Å². The SMILES string of the molecule is COC(=O)C(=O)NC1=CS(=O)(=O)O[C@@]12[C@@H](CO[Si](C(C)C)(C(C)C)C(C)C)O[C@@H](n1cc(C)c(=O)n(C)c1=O)[C@@H]2O[Si](C)(C)C(C)(C)C. The Balaban J connectivity index is 2.42. The first kappa shape index (κ1) is 40.0. The Labute approximate surface area is 285 Å². The molecule has 48 heavy (non-hydrogen) atoms. The molecular weight excluding hydrogens is 679 g/mol. The molecule has 0 aliphatic carbocycles. The van der Waals surface area contributed by atoms with Crippen molar-refractivity contribution >= 4 is 38.6 Å². The molecule has 1 spiro atoms. The minimum Gasteiger partial charge on any atom is -0.462 e. The number of rotatable bonds is 10. The lowest BCUT2D eigenvalue weighted by atomic mass is 9.89. The molecule has 0 aromatic carbocycles. The number of hydrogen-bond donors (Lipinski definition) is 1. The summed E-state index contributed by atoms with van der Waals surface area (Å²) in [6.45, 7) is 23.7. The van der Waals surface area contributed by atoms with E-state index in [1.807, 2.05) is 33.9 Å². The van der Waals surface area contributed by atoms with E-state index >= 15 is 0 Å². The predicted molar refractivity (Wildman–Crippen MR) is 185 cm³/mol. The Morgan fingerprint density at radius 1 is 1.06 bits per heavy atom. The number of nitrogens with one attached hydrogen (secondary N) is 1. The Hall–Kier alpha value is -2.42. The Morgan fingerprint density at radius 3 is 2.08 bits per heavy atom. The van der Waals surface area contributed by atoms with Crippen LogP contribution < -0.4 is 16.6 Å². The first-order valence-corrected chi connectivity index (χ1v) is 22.7. The van der Waals surface area contributed by atoms with E-state index in [0.29, 0.717) is 0 Å². The van der Waals surface area contributed by atoms with Crippen LogP contribution in [-0.2, 0) is 49.3 Å². The van der Waals surface area contributed by atoms with Gasteiger partial charge in [0.05, 0.1) is 24.8 Å². The van der Waals surface area contributed by atoms with Crippen LogP contribution >= 0.6 is 0 Å². The van der Waals surface area contributed by atoms with Gasteiger partial charge in [0.15, 0.2) is 28.5 Å². The molecule has 1 N–H and O–H groups in total. The van der Waals surface area contributed by atoms with Crippen LogP contribution in [0.15, 0.2) is 26.9 Å². The van der Waals surface area contributed by atoms with Crippen molar-refractivity contribution in [2.24, 2.45) is 7.05 Å². The largest absolute Gasteiger partial charge is 0.462 e. The molecule has 2 aliphatic heterocycles. The van der Waals surface area contributed by atoms with Gasteiger partial charge in [0.2, 0.25) is 0 Å². The summed E-state index contributed by atoms with van der Waals surface area (Å²) in [4.78, 5) is 51.7. The predicted octanol–water partition coefficient (Wildman–Crippen LogP) is 3.56. The first-order chi connectivity index (χ1) is 21.8. The number of carbonyl (C=O) groups is 2. The van der Waals surface area contributed by atoms with E-state index in [2.05, 4.69) is 51.6 Å². The summed E-state index contributed by atoms with van der Waals surface area (Å²) < 4.78 is 60.1. The van der Waals surface area contributed by atoms with Crippen LogP contribution in [0.3, 0.4) is 0 Å². The average Bonchev–Trinajstić information content (AvgIpc) is 3.39. The van der Waals surface area contributed by atoms with Crippen LogP contribution in [0.25, 0.3) is 0 Å². The molecule has 1 fully saturated rings. The highest BCUT2D eigenvalue weighted by atomic mass is 32.2. The van der Waals surface area contributed by atoms with Gasteiger partial charge in [0.1, 0.15) is 12.2 Å². The third-order valence-electron chi connectivity index (χ3n) is 10.2. The number of esters is 1. The van der Waals surface area contributed by atoms with Crippen LogP contribution in [0.4, 0.5) is 0 Å². The molecular formula is C31H53N3O11SSi2. The minimum atomic E-state index is -4.52. The van der Waals surface area contributed by atoms with Gasteiger partial charge in [0, 0.05) is 18.8 Å². The number of aryl methyl sites for hydroxylation is 1. The topological polar surface area (TPSA) is 170 Å². The van der Waals surface area contributed by atoms with Gasteiger partial charge < -0.3 is 23.6 Å². The zero-order valence-electron chi connectivity index (χ0n) is 30.6. The number of amides is 1. The first-order valence-electron chi connectivity index (χ1n) is 16.1. The van der Waals surface area contributed by atoms with Crippen LogP contribution in [0.5, 0.6) is 0 Å². The quantitative estimate of drug-likeness (QED) is 0.162. The van der Waals surface area contributed by atoms with Gasteiger partial charge in [-0.15, -0.1) is 0 Å². The molecule has 1 aromatic heterocycles. The summed E-state index contributed by atoms with van der Waals surface area (Å²) in [7, 11) is -7.68. The van der Waals surface area contributed by atoms with E-state index in [0.717, 1.165) is 17.1 Å². The highest BCUT2D eigenvalue weighted by Crippen LogP contribution is 2.53. The molecule has 1 amide bonds. The Morgan fingerprint density at radius 2 is 1.60 bits per heavy atom. The lowest BCUT2D eigenvalue weighted by Crippen LogP contribution is -2.60. The Bertz CT molecular complexity index is 1650. The minimum absolute atomic E-state index is 0.140. The molecule has 272 valence electrons. The zero-order valence-corrected chi connectivity index (χ0v) is 33.4. The van der Waals surface area contributed by atoms with E-state index < -0.39 is 79.0 Å². The lowest BCUT2D eigenvalue weighted by molar-refractivity contribution is -0.152. The van der Waals surface area contributed by atoms with E-state index in [1.165, 1.54) is 17.8 Å². The van der Waals surface area contributed by atoms with Gasteiger partial charge in [-0.1, -0.05) is 62.3 Å². The highest BCUT2D eigenvalue weighted by molar-refractivity contribution is 7.90. The summed E-state index contributed by atoms with van der Waals surface area (Å²) in [5, 5.41) is 2.69. The maximum absolute atomic E-state index is 13.7. The molecule has 1 aromatic rings. The van der Waals surface area contributed by atoms with Crippen LogP contribution in [0.1, 0.15) is 74.1 Å². The summed E-state index contributed by atoms with van der Waals surface area (Å²) >= 11 is 0. The van der Waals surface area contributed by atoms with Gasteiger partial charge in [-0.05, 0) is 41.7 Å². The maximum Gasteiger partial charge on any atom is 0.396 e. The fourth-order valence-electron chi connectivity index (χ4n) is 6.81. The van der Waals surface area contributed by atoms with Crippen molar-refractivity contribution in [1.82, 2.24) is 14.5 Å². The van der Waals surface area contributed by atoms with Crippen molar-refractivity contribution in [1.29, 1.82) is 0 Å². The van der Waals surface area contributed by atoms with Gasteiger partial charge in [-0.2, -0.15) is 8.42 Å². The molecule has 0 bridgehead atoms. The van der Waals surface area contributed by atoms with Gasteiger partial charge in [0.25, 0.3) is 15.7 Å². The van der Waals surface area contributed by atoms with Crippen molar-refractivity contribution in [2.75, 3.05) is 13.7 Å². The molecule has 0 unspecified atom stereocenters. The molecule has 4 atom stereocenters.